The van der Waals surface area contributed by atoms with Crippen LogP contribution in [0, 0.1) is 0 Å². The van der Waals surface area contributed by atoms with Crippen LogP contribution in [0.5, 0.6) is 0 Å². The molecule has 22 heavy (non-hydrogen) atoms. The molecule has 0 heterocycles. The Bertz CT molecular complexity index is 570. The smallest absolute Gasteiger partial charge is 0.209 e. The van der Waals surface area contributed by atoms with Crippen molar-refractivity contribution in [1.82, 2.24) is 0 Å². The molecule has 0 fully saturated rings. The average molecular weight is 298 g/mol. The minimum atomic E-state index is -0.0241. The van der Waals surface area contributed by atoms with Crippen LogP contribution in [0.3, 0.4) is 0 Å². The molecule has 0 aliphatic heterocycles. The Morgan fingerprint density at radius 3 is 1.41 bits per heavy atom. The molecule has 6 nitrogen and oxygen atoms in total. The number of nitrogens with two attached hydrogens (primary N) is 2. The molecule has 0 aromatic heterocycles. The highest BCUT2D eigenvalue weighted by Crippen LogP contribution is 2.01. The molecule has 2 aromatic carbocycles. The van der Waals surface area contributed by atoms with E-state index in [0.29, 0.717) is 13.2 Å². The van der Waals surface area contributed by atoms with Gasteiger partial charge in [-0.1, -0.05) is 71.0 Å². The van der Waals surface area contributed by atoms with E-state index in [1.165, 1.54) is 0 Å². The zero-order valence-electron chi connectivity index (χ0n) is 12.1. The van der Waals surface area contributed by atoms with E-state index in [2.05, 4.69) is 10.3 Å². The number of amidine groups is 2. The van der Waals surface area contributed by atoms with Gasteiger partial charge in [0.25, 0.3) is 0 Å². The summed E-state index contributed by atoms with van der Waals surface area (Å²) in [6.45, 7) is 0.611. The predicted molar refractivity (Wildman–Crippen MR) is 85.7 cm³/mol. The Morgan fingerprint density at radius 2 is 1.05 bits per heavy atom. The fraction of sp³-hybridized carbons (Fsp3) is 0.125. The number of hydrogen-bond acceptors (Lipinski definition) is 4. The maximum atomic E-state index is 5.65. The van der Waals surface area contributed by atoms with Crippen LogP contribution in [0.4, 0.5) is 0 Å². The Balaban J connectivity index is 1.79. The van der Waals surface area contributed by atoms with Crippen molar-refractivity contribution in [1.29, 1.82) is 0 Å². The Morgan fingerprint density at radius 1 is 0.682 bits per heavy atom. The first-order valence-corrected chi connectivity index (χ1v) is 6.75. The Labute approximate surface area is 129 Å². The normalized spacial score (nSPS) is 12.0. The van der Waals surface area contributed by atoms with Crippen LogP contribution in [-0.4, -0.2) is 11.7 Å². The summed E-state index contributed by atoms with van der Waals surface area (Å²) in [5.41, 5.74) is 13.3. The highest BCUT2D eigenvalue weighted by Gasteiger charge is 2.01. The van der Waals surface area contributed by atoms with E-state index in [0.717, 1.165) is 11.1 Å². The SMILES string of the molecule is NC(=NOCc1ccccc1)C(N)=NOCc1ccccc1. The second-order valence-electron chi connectivity index (χ2n) is 4.47. The molecule has 114 valence electrons. The van der Waals surface area contributed by atoms with Crippen molar-refractivity contribution in [3.63, 3.8) is 0 Å². The van der Waals surface area contributed by atoms with Crippen LogP contribution in [0.2, 0.25) is 0 Å². The molecule has 4 N–H and O–H groups in total. The second-order valence-corrected chi connectivity index (χ2v) is 4.47. The fourth-order valence-electron chi connectivity index (χ4n) is 1.59. The predicted octanol–water partition coefficient (Wildman–Crippen LogP) is 1.96. The van der Waals surface area contributed by atoms with Crippen molar-refractivity contribution >= 4 is 11.7 Å². The van der Waals surface area contributed by atoms with Crippen LogP contribution in [0.25, 0.3) is 0 Å². The van der Waals surface area contributed by atoms with E-state index in [1.54, 1.807) is 0 Å². The molecule has 0 aliphatic rings. The molecule has 0 saturated heterocycles. The molecule has 0 spiro atoms. The number of nitrogens with zero attached hydrogens (tertiary/aromatic N) is 2. The largest absolute Gasteiger partial charge is 0.389 e. The maximum absolute atomic E-state index is 5.65. The lowest BCUT2D eigenvalue weighted by Crippen LogP contribution is -2.31. The standard InChI is InChI=1S/C16H18N4O2/c17-15(19-21-11-13-7-3-1-4-8-13)16(18)20-22-12-14-9-5-2-6-10-14/h1-10H,11-12H2,(H2,17,19)(H2,18,20). The van der Waals surface area contributed by atoms with Gasteiger partial charge in [-0.05, 0) is 11.1 Å². The fourth-order valence-corrected chi connectivity index (χ4v) is 1.59. The third kappa shape index (κ3) is 5.16. The summed E-state index contributed by atoms with van der Waals surface area (Å²) in [4.78, 5) is 10.2. The molecule has 0 aliphatic carbocycles. The van der Waals surface area contributed by atoms with E-state index >= 15 is 0 Å². The van der Waals surface area contributed by atoms with E-state index in [4.69, 9.17) is 21.1 Å². The zero-order valence-corrected chi connectivity index (χ0v) is 12.1. The van der Waals surface area contributed by atoms with Crippen LogP contribution in [0.1, 0.15) is 11.1 Å². The van der Waals surface area contributed by atoms with Gasteiger partial charge in [-0.3, -0.25) is 0 Å². The van der Waals surface area contributed by atoms with Gasteiger partial charge >= 0.3 is 0 Å². The van der Waals surface area contributed by atoms with Crippen molar-refractivity contribution in [3.05, 3.63) is 71.8 Å². The monoisotopic (exact) mass is 298 g/mol. The molecule has 0 radical (unpaired) electrons. The number of hydrogen-bond donors (Lipinski definition) is 2. The molecule has 0 saturated carbocycles. The minimum Gasteiger partial charge on any atom is -0.389 e. The lowest BCUT2D eigenvalue weighted by atomic mass is 10.2. The first-order valence-electron chi connectivity index (χ1n) is 6.75. The van der Waals surface area contributed by atoms with E-state index in [-0.39, 0.29) is 11.7 Å². The van der Waals surface area contributed by atoms with Gasteiger partial charge in [-0.2, -0.15) is 0 Å². The van der Waals surface area contributed by atoms with Crippen molar-refractivity contribution in [2.24, 2.45) is 21.8 Å². The summed E-state index contributed by atoms with van der Waals surface area (Å²) in [6, 6.07) is 19.2. The van der Waals surface area contributed by atoms with E-state index in [9.17, 15) is 0 Å². The zero-order chi connectivity index (χ0) is 15.6. The van der Waals surface area contributed by atoms with Gasteiger partial charge in [0.2, 0.25) is 11.7 Å². The number of benzene rings is 2. The van der Waals surface area contributed by atoms with Gasteiger partial charge in [0, 0.05) is 0 Å². The van der Waals surface area contributed by atoms with E-state index < -0.39 is 0 Å². The van der Waals surface area contributed by atoms with Crippen molar-refractivity contribution in [2.75, 3.05) is 0 Å². The van der Waals surface area contributed by atoms with Gasteiger partial charge in [-0.15, -0.1) is 0 Å². The molecule has 0 amide bonds. The molecule has 6 heteroatoms. The van der Waals surface area contributed by atoms with Crippen molar-refractivity contribution < 1.29 is 9.68 Å². The third-order valence-electron chi connectivity index (χ3n) is 2.74. The molecule has 2 rings (SSSR count). The molecule has 0 atom stereocenters. The third-order valence-corrected chi connectivity index (χ3v) is 2.74. The molecule has 2 aromatic rings. The van der Waals surface area contributed by atoms with Crippen LogP contribution >= 0.6 is 0 Å². The van der Waals surface area contributed by atoms with Crippen molar-refractivity contribution in [2.45, 2.75) is 13.2 Å². The summed E-state index contributed by atoms with van der Waals surface area (Å²) < 4.78 is 0. The molecule has 0 unspecified atom stereocenters. The maximum Gasteiger partial charge on any atom is 0.209 e. The van der Waals surface area contributed by atoms with Crippen molar-refractivity contribution in [3.8, 4) is 0 Å². The average Bonchev–Trinajstić information content (AvgIpc) is 2.56. The summed E-state index contributed by atoms with van der Waals surface area (Å²) in [6.07, 6.45) is 0. The van der Waals surface area contributed by atoms with Crippen LogP contribution in [0.15, 0.2) is 71.0 Å². The molecular weight excluding hydrogens is 280 g/mol. The van der Waals surface area contributed by atoms with E-state index in [1.807, 2.05) is 60.7 Å². The van der Waals surface area contributed by atoms with Gasteiger partial charge in [-0.25, -0.2) is 0 Å². The minimum absolute atomic E-state index is 0.0241. The summed E-state index contributed by atoms with van der Waals surface area (Å²) >= 11 is 0. The molecule has 0 bridgehead atoms. The Kier molecular flexibility index (Phi) is 5.80. The highest BCUT2D eigenvalue weighted by molar-refractivity contribution is 6.38. The Hall–Kier alpha value is -3.02. The van der Waals surface area contributed by atoms with Crippen LogP contribution < -0.4 is 11.5 Å². The quantitative estimate of drug-likeness (QED) is 0.484. The van der Waals surface area contributed by atoms with Gasteiger partial charge in [0.05, 0.1) is 0 Å². The number of oxime groups is 2. The number of rotatable bonds is 6. The lowest BCUT2D eigenvalue weighted by Gasteiger charge is -2.03. The highest BCUT2D eigenvalue weighted by atomic mass is 16.6. The first-order chi connectivity index (χ1) is 10.8. The molecular formula is C16H18N4O2. The second kappa shape index (κ2) is 8.31. The summed E-state index contributed by atoms with van der Waals surface area (Å²) in [5.74, 6) is -0.0482. The van der Waals surface area contributed by atoms with Gasteiger partial charge in [0.15, 0.2) is 0 Å². The van der Waals surface area contributed by atoms with Crippen LogP contribution in [-0.2, 0) is 22.9 Å². The summed E-state index contributed by atoms with van der Waals surface area (Å²) in [5, 5.41) is 7.41. The van der Waals surface area contributed by atoms with Gasteiger partial charge < -0.3 is 21.1 Å². The lowest BCUT2D eigenvalue weighted by molar-refractivity contribution is 0.127. The van der Waals surface area contributed by atoms with Gasteiger partial charge in [0.1, 0.15) is 13.2 Å². The first kappa shape index (κ1) is 15.4. The topological polar surface area (TPSA) is 95.2 Å². The summed E-state index contributed by atoms with van der Waals surface area (Å²) in [7, 11) is 0.